The molecule has 0 saturated carbocycles. The van der Waals surface area contributed by atoms with Gasteiger partial charge in [-0.2, -0.15) is 0 Å². The van der Waals surface area contributed by atoms with Crippen LogP contribution in [0.15, 0.2) is 35.1 Å². The first-order valence-electron chi connectivity index (χ1n) is 6.41. The zero-order chi connectivity index (χ0) is 15.2. The monoisotopic (exact) mass is 309 g/mol. The molecule has 112 valence electrons. The van der Waals surface area contributed by atoms with Crippen molar-refractivity contribution in [2.24, 2.45) is 0 Å². The summed E-state index contributed by atoms with van der Waals surface area (Å²) in [5.74, 6) is 0.659. The number of rotatable bonds is 5. The molecule has 1 atom stereocenters. The summed E-state index contributed by atoms with van der Waals surface area (Å²) in [4.78, 5) is 15.6. The number of hydrogen-bond donors (Lipinski definition) is 3. The number of aromatic nitrogens is 1. The Morgan fingerprint density at radius 2 is 2.19 bits per heavy atom. The third-order valence-electron chi connectivity index (χ3n) is 2.98. The smallest absolute Gasteiger partial charge is 0.315 e. The fourth-order valence-electron chi connectivity index (χ4n) is 1.77. The number of aliphatic hydroxyl groups excluding tert-OH is 1. The van der Waals surface area contributed by atoms with Gasteiger partial charge in [0.05, 0.1) is 12.6 Å². The van der Waals surface area contributed by atoms with E-state index in [9.17, 15) is 9.90 Å². The van der Waals surface area contributed by atoms with Crippen molar-refractivity contribution in [3.63, 3.8) is 0 Å². The van der Waals surface area contributed by atoms with Crippen molar-refractivity contribution in [2.45, 2.75) is 19.6 Å². The normalized spacial score (nSPS) is 12.0. The molecule has 0 saturated heterocycles. The van der Waals surface area contributed by atoms with E-state index in [-0.39, 0.29) is 13.1 Å². The lowest BCUT2D eigenvalue weighted by Gasteiger charge is -2.14. The van der Waals surface area contributed by atoms with Crippen LogP contribution in [0, 0.1) is 6.92 Å². The van der Waals surface area contributed by atoms with Crippen molar-refractivity contribution in [1.82, 2.24) is 15.6 Å². The van der Waals surface area contributed by atoms with Gasteiger partial charge in [-0.3, -0.25) is 0 Å². The topological polar surface area (TPSA) is 87.4 Å². The number of hydrogen-bond acceptors (Lipinski definition) is 4. The van der Waals surface area contributed by atoms with Gasteiger partial charge in [-0.25, -0.2) is 9.78 Å². The van der Waals surface area contributed by atoms with Gasteiger partial charge >= 0.3 is 6.03 Å². The summed E-state index contributed by atoms with van der Waals surface area (Å²) in [6.07, 6.45) is 0.462. The number of benzene rings is 1. The molecule has 1 aromatic carbocycles. The van der Waals surface area contributed by atoms with Crippen LogP contribution < -0.4 is 10.6 Å². The van der Waals surface area contributed by atoms with Crippen LogP contribution in [0.1, 0.15) is 23.1 Å². The summed E-state index contributed by atoms with van der Waals surface area (Å²) in [7, 11) is 0. The SMILES string of the molecule is Cc1ocnc1CNC(=O)NCC(O)c1ccccc1Cl. The van der Waals surface area contributed by atoms with E-state index in [1.54, 1.807) is 31.2 Å². The zero-order valence-corrected chi connectivity index (χ0v) is 12.2. The van der Waals surface area contributed by atoms with Crippen LogP contribution in [0.4, 0.5) is 4.79 Å². The van der Waals surface area contributed by atoms with Gasteiger partial charge in [0.2, 0.25) is 0 Å². The minimum Gasteiger partial charge on any atom is -0.448 e. The second kappa shape index (κ2) is 7.10. The molecular weight excluding hydrogens is 294 g/mol. The van der Waals surface area contributed by atoms with Crippen molar-refractivity contribution in [2.75, 3.05) is 6.54 Å². The van der Waals surface area contributed by atoms with Crippen molar-refractivity contribution < 1.29 is 14.3 Å². The number of aryl methyl sites for hydroxylation is 1. The number of carbonyl (C=O) groups is 1. The molecule has 0 spiro atoms. The fraction of sp³-hybridized carbons (Fsp3) is 0.286. The molecule has 2 rings (SSSR count). The highest BCUT2D eigenvalue weighted by atomic mass is 35.5. The van der Waals surface area contributed by atoms with Crippen LogP contribution in [-0.2, 0) is 6.54 Å². The molecule has 0 fully saturated rings. The third-order valence-corrected chi connectivity index (χ3v) is 3.33. The van der Waals surface area contributed by atoms with Gasteiger partial charge in [0.25, 0.3) is 0 Å². The predicted molar refractivity (Wildman–Crippen MR) is 77.9 cm³/mol. The van der Waals surface area contributed by atoms with Crippen molar-refractivity contribution in [1.29, 1.82) is 0 Å². The summed E-state index contributed by atoms with van der Waals surface area (Å²) < 4.78 is 5.03. The van der Waals surface area contributed by atoms with E-state index >= 15 is 0 Å². The highest BCUT2D eigenvalue weighted by molar-refractivity contribution is 6.31. The van der Waals surface area contributed by atoms with Crippen LogP contribution in [0.3, 0.4) is 0 Å². The quantitative estimate of drug-likeness (QED) is 0.790. The first-order valence-corrected chi connectivity index (χ1v) is 6.79. The maximum absolute atomic E-state index is 11.6. The van der Waals surface area contributed by atoms with Gasteiger partial charge in [0.1, 0.15) is 11.5 Å². The number of nitrogens with zero attached hydrogens (tertiary/aromatic N) is 1. The lowest BCUT2D eigenvalue weighted by molar-refractivity contribution is 0.173. The maximum Gasteiger partial charge on any atom is 0.315 e. The van der Waals surface area contributed by atoms with E-state index in [1.807, 2.05) is 0 Å². The third kappa shape index (κ3) is 4.21. The van der Waals surface area contributed by atoms with Gasteiger partial charge in [-0.15, -0.1) is 0 Å². The van der Waals surface area contributed by atoms with Crippen LogP contribution in [0.2, 0.25) is 5.02 Å². The molecule has 7 heteroatoms. The first-order chi connectivity index (χ1) is 10.1. The average molecular weight is 310 g/mol. The van der Waals surface area contributed by atoms with Crippen molar-refractivity contribution in [3.8, 4) is 0 Å². The van der Waals surface area contributed by atoms with Gasteiger partial charge < -0.3 is 20.2 Å². The van der Waals surface area contributed by atoms with Crippen molar-refractivity contribution >= 4 is 17.6 Å². The Balaban J connectivity index is 1.79. The molecule has 2 aromatic rings. The van der Waals surface area contributed by atoms with Gasteiger partial charge in [-0.05, 0) is 13.0 Å². The first kappa shape index (κ1) is 15.3. The number of oxazole rings is 1. The molecule has 3 N–H and O–H groups in total. The Labute approximate surface area is 127 Å². The molecular formula is C14H16ClN3O3. The van der Waals surface area contributed by atoms with Gasteiger partial charge in [-0.1, -0.05) is 29.8 Å². The highest BCUT2D eigenvalue weighted by Crippen LogP contribution is 2.21. The largest absolute Gasteiger partial charge is 0.448 e. The second-order valence-corrected chi connectivity index (χ2v) is 4.86. The molecule has 1 heterocycles. The summed E-state index contributed by atoms with van der Waals surface area (Å²) in [6.45, 7) is 2.09. The van der Waals surface area contributed by atoms with Crippen LogP contribution in [0.5, 0.6) is 0 Å². The van der Waals surface area contributed by atoms with Gasteiger partial charge in [0.15, 0.2) is 6.39 Å². The van der Waals surface area contributed by atoms with Crippen molar-refractivity contribution in [3.05, 3.63) is 52.7 Å². The fourth-order valence-corrected chi connectivity index (χ4v) is 2.03. The minimum atomic E-state index is -0.863. The van der Waals surface area contributed by atoms with Crippen LogP contribution >= 0.6 is 11.6 Å². The molecule has 2 amide bonds. The Morgan fingerprint density at radius 3 is 2.86 bits per heavy atom. The summed E-state index contributed by atoms with van der Waals surface area (Å²) >= 11 is 5.97. The Morgan fingerprint density at radius 1 is 1.43 bits per heavy atom. The molecule has 0 radical (unpaired) electrons. The molecule has 0 bridgehead atoms. The number of amides is 2. The Hall–Kier alpha value is -2.05. The lowest BCUT2D eigenvalue weighted by Crippen LogP contribution is -2.37. The molecule has 1 aromatic heterocycles. The Bertz CT molecular complexity index is 615. The predicted octanol–water partition coefficient (Wildman–Crippen LogP) is 2.17. The molecule has 0 aliphatic rings. The van der Waals surface area contributed by atoms with E-state index in [0.29, 0.717) is 22.0 Å². The summed E-state index contributed by atoms with van der Waals surface area (Å²) in [5.41, 5.74) is 1.24. The molecule has 21 heavy (non-hydrogen) atoms. The van der Waals surface area contributed by atoms with Crippen LogP contribution in [0.25, 0.3) is 0 Å². The summed E-state index contributed by atoms with van der Waals surface area (Å²) in [5, 5.41) is 15.7. The molecule has 6 nitrogen and oxygen atoms in total. The lowest BCUT2D eigenvalue weighted by atomic mass is 10.1. The number of halogens is 1. The molecule has 0 aliphatic carbocycles. The zero-order valence-electron chi connectivity index (χ0n) is 11.5. The minimum absolute atomic E-state index is 0.0629. The summed E-state index contributed by atoms with van der Waals surface area (Å²) in [6, 6.07) is 6.55. The van der Waals surface area contributed by atoms with E-state index < -0.39 is 12.1 Å². The number of urea groups is 1. The van der Waals surface area contributed by atoms with E-state index in [1.165, 1.54) is 6.39 Å². The van der Waals surface area contributed by atoms with E-state index in [0.717, 1.165) is 0 Å². The standard InChI is InChI=1S/C14H16ClN3O3/c1-9-12(18-8-21-9)6-16-14(20)17-7-13(19)10-4-2-3-5-11(10)15/h2-5,8,13,19H,6-7H2,1H3,(H2,16,17,20). The highest BCUT2D eigenvalue weighted by Gasteiger charge is 2.12. The van der Waals surface area contributed by atoms with E-state index in [4.69, 9.17) is 16.0 Å². The maximum atomic E-state index is 11.6. The van der Waals surface area contributed by atoms with E-state index in [2.05, 4.69) is 15.6 Å². The number of carbonyl (C=O) groups excluding carboxylic acids is 1. The molecule has 1 unspecified atom stereocenters. The van der Waals surface area contributed by atoms with Crippen LogP contribution in [-0.4, -0.2) is 22.7 Å². The number of nitrogens with one attached hydrogen (secondary N) is 2. The Kier molecular flexibility index (Phi) is 5.19. The van der Waals surface area contributed by atoms with Gasteiger partial charge in [0, 0.05) is 17.1 Å². The molecule has 0 aliphatic heterocycles. The second-order valence-electron chi connectivity index (χ2n) is 4.46. The number of aliphatic hydroxyl groups is 1. The average Bonchev–Trinajstić information content (AvgIpc) is 2.88.